The van der Waals surface area contributed by atoms with Crippen molar-refractivity contribution in [2.24, 2.45) is 0 Å². The zero-order valence-corrected chi connectivity index (χ0v) is 16.8. The van der Waals surface area contributed by atoms with Crippen molar-refractivity contribution in [3.05, 3.63) is 73.0 Å². The molecule has 110 valence electrons. The van der Waals surface area contributed by atoms with E-state index >= 15 is 0 Å². The molecule has 2 aromatic rings. The van der Waals surface area contributed by atoms with Gasteiger partial charge >= 0.3 is 26.2 Å². The average Bonchev–Trinajstić information content (AvgIpc) is 2.87. The van der Waals surface area contributed by atoms with Crippen LogP contribution in [0.4, 0.5) is 0 Å². The Balaban J connectivity index is -0.000000252. The van der Waals surface area contributed by atoms with Crippen LogP contribution in [0.5, 0.6) is 0 Å². The van der Waals surface area contributed by atoms with Gasteiger partial charge in [0.05, 0.1) is 0 Å². The van der Waals surface area contributed by atoms with Gasteiger partial charge in [-0.25, -0.2) is 12.1 Å². The van der Waals surface area contributed by atoms with Crippen molar-refractivity contribution in [3.63, 3.8) is 0 Å². The maximum absolute atomic E-state index is 2.24. The van der Waals surface area contributed by atoms with Gasteiger partial charge in [0.1, 0.15) is 0 Å². The summed E-state index contributed by atoms with van der Waals surface area (Å²) in [5.41, 5.74) is 7.21. The molecule has 0 saturated carbocycles. The molecule has 0 aliphatic carbocycles. The number of hydrogen-bond donors (Lipinski definition) is 0. The number of rotatable bonds is 2. The Morgan fingerprint density at radius 3 is 1.75 bits per heavy atom. The van der Waals surface area contributed by atoms with Gasteiger partial charge in [0.2, 0.25) is 0 Å². The van der Waals surface area contributed by atoms with Crippen LogP contribution in [0.25, 0.3) is 0 Å². The Morgan fingerprint density at radius 2 is 1.50 bits per heavy atom. The van der Waals surface area contributed by atoms with Crippen LogP contribution in [0.2, 0.25) is 0 Å². The monoisotopic (exact) mass is 348 g/mol. The summed E-state index contributed by atoms with van der Waals surface area (Å²) in [7, 11) is 0. The first kappa shape index (κ1) is 24.6. The zero-order valence-electron chi connectivity index (χ0n) is 14.3. The van der Waals surface area contributed by atoms with E-state index in [4.69, 9.17) is 0 Å². The van der Waals surface area contributed by atoms with E-state index in [1.165, 1.54) is 40.7 Å². The van der Waals surface area contributed by atoms with Crippen LogP contribution >= 0.6 is 0 Å². The summed E-state index contributed by atoms with van der Waals surface area (Å²) in [5.74, 6) is 0. The second kappa shape index (κ2) is 12.3. The minimum atomic E-state index is 0. The number of aryl methyl sites for hydroxylation is 3. The molecular formula is C19H30Zr. The van der Waals surface area contributed by atoms with Gasteiger partial charge in [-0.15, -0.1) is 0 Å². The predicted molar refractivity (Wildman–Crippen MR) is 89.8 cm³/mol. The molecular weight excluding hydrogens is 319 g/mol. The Morgan fingerprint density at radius 1 is 1.00 bits per heavy atom. The van der Waals surface area contributed by atoms with Gasteiger partial charge in [-0.05, 0) is 0 Å². The molecule has 0 aromatic heterocycles. The summed E-state index contributed by atoms with van der Waals surface area (Å²) in [5, 5.41) is 0. The maximum atomic E-state index is 2.24. The fraction of sp³-hybridized carbons (Fsp3) is 0.368. The van der Waals surface area contributed by atoms with Crippen LogP contribution in [-0.4, -0.2) is 0 Å². The van der Waals surface area contributed by atoms with Gasteiger partial charge in [-0.1, -0.05) is 47.5 Å². The molecule has 2 rings (SSSR count). The molecule has 0 heterocycles. The van der Waals surface area contributed by atoms with Crippen molar-refractivity contribution in [1.29, 1.82) is 0 Å². The fourth-order valence-electron chi connectivity index (χ4n) is 2.00. The first-order chi connectivity index (χ1) is 8.06. The standard InChI is InChI=1S/C9H13.C8H11.2CH3.Zr/c1-6-5-7(2)9(4)8(6)3;1-2-5-8-6-3-4-7-8;;;/h5H,1-4H3;3-4,6-7H,2,5H2,1H3;2*1H3;/q4*-1;+4. The van der Waals surface area contributed by atoms with E-state index in [0.29, 0.717) is 0 Å². The topological polar surface area (TPSA) is 0 Å². The Labute approximate surface area is 146 Å². The van der Waals surface area contributed by atoms with Crippen molar-refractivity contribution in [3.8, 4) is 0 Å². The quantitative estimate of drug-likeness (QED) is 0.592. The van der Waals surface area contributed by atoms with Crippen molar-refractivity contribution in [2.45, 2.75) is 47.5 Å². The minimum Gasteiger partial charge on any atom is -0.358 e. The van der Waals surface area contributed by atoms with E-state index in [0.717, 1.165) is 0 Å². The van der Waals surface area contributed by atoms with Crippen LogP contribution < -0.4 is 0 Å². The van der Waals surface area contributed by atoms with Gasteiger partial charge < -0.3 is 14.9 Å². The summed E-state index contributed by atoms with van der Waals surface area (Å²) in [4.78, 5) is 0. The molecule has 0 amide bonds. The maximum Gasteiger partial charge on any atom is 4.00 e. The van der Waals surface area contributed by atoms with Gasteiger partial charge in [-0.3, -0.25) is 0 Å². The van der Waals surface area contributed by atoms with Gasteiger partial charge in [0, 0.05) is 0 Å². The Hall–Kier alpha value is -0.417. The molecule has 1 heteroatoms. The molecule has 0 saturated heterocycles. The number of hydrogen-bond acceptors (Lipinski definition) is 0. The third-order valence-electron chi connectivity index (χ3n) is 3.45. The summed E-state index contributed by atoms with van der Waals surface area (Å²) >= 11 is 0. The first-order valence-electron chi connectivity index (χ1n) is 6.47. The molecule has 2 aromatic carbocycles. The molecule has 0 fully saturated rings. The van der Waals surface area contributed by atoms with Gasteiger partial charge in [0.25, 0.3) is 0 Å². The van der Waals surface area contributed by atoms with Crippen LogP contribution in [-0.2, 0) is 32.6 Å². The largest absolute Gasteiger partial charge is 4.00 e. The molecule has 0 N–H and O–H groups in total. The van der Waals surface area contributed by atoms with Crippen LogP contribution in [0.3, 0.4) is 0 Å². The Kier molecular flexibility index (Phi) is 15.2. The van der Waals surface area contributed by atoms with Crippen molar-refractivity contribution in [1.82, 2.24) is 0 Å². The van der Waals surface area contributed by atoms with E-state index < -0.39 is 0 Å². The molecule has 0 radical (unpaired) electrons. The molecule has 0 spiro atoms. The fourth-order valence-corrected chi connectivity index (χ4v) is 2.00. The molecule has 0 nitrogen and oxygen atoms in total. The second-order valence-electron chi connectivity index (χ2n) is 4.80. The van der Waals surface area contributed by atoms with E-state index in [-0.39, 0.29) is 41.1 Å². The molecule has 20 heavy (non-hydrogen) atoms. The summed E-state index contributed by atoms with van der Waals surface area (Å²) in [6.45, 7) is 10.9. The molecule has 0 aliphatic rings. The van der Waals surface area contributed by atoms with Crippen LogP contribution in [0.15, 0.2) is 30.3 Å². The van der Waals surface area contributed by atoms with Crippen LogP contribution in [0.1, 0.15) is 41.2 Å². The van der Waals surface area contributed by atoms with Crippen molar-refractivity contribution < 1.29 is 26.2 Å². The molecule has 0 unspecified atom stereocenters. The second-order valence-corrected chi connectivity index (χ2v) is 4.80. The van der Waals surface area contributed by atoms with E-state index in [1.807, 2.05) is 0 Å². The van der Waals surface area contributed by atoms with Crippen molar-refractivity contribution >= 4 is 0 Å². The average molecular weight is 350 g/mol. The summed E-state index contributed by atoms with van der Waals surface area (Å²) in [6.07, 6.45) is 2.48. The van der Waals surface area contributed by atoms with Crippen molar-refractivity contribution in [2.75, 3.05) is 0 Å². The Bertz CT molecular complexity index is 410. The SMILES string of the molecule is CCC[c-]1cccc1.Cc1c[c-](C)c(C)c1C.[CH3-].[CH3-].[Zr+4]. The normalized spacial score (nSPS) is 8.45. The zero-order chi connectivity index (χ0) is 12.8. The molecule has 0 bridgehead atoms. The van der Waals surface area contributed by atoms with Gasteiger partial charge in [0.15, 0.2) is 0 Å². The third-order valence-corrected chi connectivity index (χ3v) is 3.45. The summed E-state index contributed by atoms with van der Waals surface area (Å²) in [6, 6.07) is 10.8. The first-order valence-corrected chi connectivity index (χ1v) is 6.47. The minimum absolute atomic E-state index is 0. The molecule has 0 aliphatic heterocycles. The third kappa shape index (κ3) is 7.39. The molecule has 0 atom stereocenters. The predicted octanol–water partition coefficient (Wildman–Crippen LogP) is 5.90. The van der Waals surface area contributed by atoms with E-state index in [9.17, 15) is 0 Å². The van der Waals surface area contributed by atoms with Gasteiger partial charge in [-0.2, -0.15) is 46.0 Å². The summed E-state index contributed by atoms with van der Waals surface area (Å²) < 4.78 is 0. The van der Waals surface area contributed by atoms with E-state index in [2.05, 4.69) is 65.0 Å². The smallest absolute Gasteiger partial charge is 0.358 e. The van der Waals surface area contributed by atoms with E-state index in [1.54, 1.807) is 0 Å². The van der Waals surface area contributed by atoms with Crippen LogP contribution in [0, 0.1) is 42.5 Å².